The second-order valence-corrected chi connectivity index (χ2v) is 4.88. The molecule has 0 aromatic carbocycles. The van der Waals surface area contributed by atoms with Crippen LogP contribution in [0.25, 0.3) is 0 Å². The average molecular weight is 208 g/mol. The van der Waals surface area contributed by atoms with Gasteiger partial charge in [0.15, 0.2) is 11.4 Å². The number of aliphatic hydroxyl groups is 1. The van der Waals surface area contributed by atoms with Crippen molar-refractivity contribution in [2.75, 3.05) is 0 Å². The maximum absolute atomic E-state index is 12.0. The van der Waals surface area contributed by atoms with Crippen molar-refractivity contribution in [1.29, 1.82) is 0 Å². The van der Waals surface area contributed by atoms with Crippen LogP contribution in [0.4, 0.5) is 0 Å². The van der Waals surface area contributed by atoms with Gasteiger partial charge < -0.3 is 5.11 Å². The van der Waals surface area contributed by atoms with Gasteiger partial charge in [-0.15, -0.1) is 0 Å². The van der Waals surface area contributed by atoms with Gasteiger partial charge in [-0.25, -0.2) is 0 Å². The van der Waals surface area contributed by atoms with Gasteiger partial charge in [-0.2, -0.15) is 0 Å². The standard InChI is InChI=1S/C13H20O2/c1-5-7-11(14)13(15)10(2)8-6-9-12(13,3)4/h5,7-8,15H,6,9H2,1-4H3/b7-5+. The van der Waals surface area contributed by atoms with E-state index in [4.69, 9.17) is 0 Å². The predicted octanol–water partition coefficient (Wildman–Crippen LogP) is 2.63. The minimum Gasteiger partial charge on any atom is -0.377 e. The van der Waals surface area contributed by atoms with Gasteiger partial charge in [-0.3, -0.25) is 4.79 Å². The summed E-state index contributed by atoms with van der Waals surface area (Å²) in [6.07, 6.45) is 6.88. The molecule has 0 aromatic heterocycles. The highest BCUT2D eigenvalue weighted by atomic mass is 16.3. The third-order valence-corrected chi connectivity index (χ3v) is 3.44. The third kappa shape index (κ3) is 1.78. The Bertz CT molecular complexity index is 323. The van der Waals surface area contributed by atoms with E-state index in [0.29, 0.717) is 0 Å². The van der Waals surface area contributed by atoms with Crippen molar-refractivity contribution in [3.05, 3.63) is 23.8 Å². The Balaban J connectivity index is 3.21. The van der Waals surface area contributed by atoms with Gasteiger partial charge in [-0.1, -0.05) is 26.0 Å². The number of carbonyl (C=O) groups excluding carboxylic acids is 1. The first-order chi connectivity index (χ1) is 6.86. The molecule has 0 saturated carbocycles. The van der Waals surface area contributed by atoms with E-state index in [1.165, 1.54) is 6.08 Å². The molecular weight excluding hydrogens is 188 g/mol. The summed E-state index contributed by atoms with van der Waals surface area (Å²) in [5.41, 5.74) is -0.929. The maximum atomic E-state index is 12.0. The van der Waals surface area contributed by atoms with E-state index in [1.807, 2.05) is 26.8 Å². The van der Waals surface area contributed by atoms with Crippen LogP contribution in [0.5, 0.6) is 0 Å². The van der Waals surface area contributed by atoms with E-state index in [9.17, 15) is 9.90 Å². The van der Waals surface area contributed by atoms with Crippen LogP contribution in [-0.2, 0) is 4.79 Å². The monoisotopic (exact) mass is 208 g/mol. The Morgan fingerprint density at radius 2 is 2.13 bits per heavy atom. The molecule has 2 heteroatoms. The zero-order chi connectivity index (χ0) is 11.7. The van der Waals surface area contributed by atoms with Gasteiger partial charge in [0.25, 0.3) is 0 Å². The molecule has 0 amide bonds. The van der Waals surface area contributed by atoms with E-state index in [1.54, 1.807) is 13.0 Å². The van der Waals surface area contributed by atoms with Crippen LogP contribution in [0.2, 0.25) is 0 Å². The number of carbonyl (C=O) groups is 1. The van der Waals surface area contributed by atoms with Crippen molar-refractivity contribution in [3.63, 3.8) is 0 Å². The Hall–Kier alpha value is -0.890. The molecule has 1 rings (SSSR count). The van der Waals surface area contributed by atoms with Crippen molar-refractivity contribution in [1.82, 2.24) is 0 Å². The van der Waals surface area contributed by atoms with Gasteiger partial charge in [0, 0.05) is 5.41 Å². The first-order valence-corrected chi connectivity index (χ1v) is 5.43. The van der Waals surface area contributed by atoms with Crippen molar-refractivity contribution in [2.45, 2.75) is 46.1 Å². The smallest absolute Gasteiger partial charge is 0.191 e. The molecule has 0 aliphatic heterocycles. The van der Waals surface area contributed by atoms with Gasteiger partial charge >= 0.3 is 0 Å². The molecular formula is C13H20O2. The summed E-state index contributed by atoms with van der Waals surface area (Å²) in [5, 5.41) is 10.6. The molecule has 84 valence electrons. The third-order valence-electron chi connectivity index (χ3n) is 3.44. The van der Waals surface area contributed by atoms with Crippen LogP contribution in [0.1, 0.15) is 40.5 Å². The molecule has 1 unspecified atom stereocenters. The van der Waals surface area contributed by atoms with Crippen molar-refractivity contribution in [2.24, 2.45) is 5.41 Å². The molecule has 15 heavy (non-hydrogen) atoms. The fourth-order valence-corrected chi connectivity index (χ4v) is 2.31. The fourth-order valence-electron chi connectivity index (χ4n) is 2.31. The number of allylic oxidation sites excluding steroid dienone is 2. The number of hydrogen-bond donors (Lipinski definition) is 1. The topological polar surface area (TPSA) is 37.3 Å². The molecule has 0 heterocycles. The normalized spacial score (nSPS) is 30.3. The van der Waals surface area contributed by atoms with Crippen molar-refractivity contribution < 1.29 is 9.90 Å². The molecule has 1 atom stereocenters. The Kier molecular flexibility index (Phi) is 3.19. The molecule has 2 nitrogen and oxygen atoms in total. The maximum Gasteiger partial charge on any atom is 0.191 e. The van der Waals surface area contributed by atoms with Gasteiger partial charge in [-0.05, 0) is 38.3 Å². The van der Waals surface area contributed by atoms with E-state index in [2.05, 4.69) is 0 Å². The summed E-state index contributed by atoms with van der Waals surface area (Å²) in [7, 11) is 0. The lowest BCUT2D eigenvalue weighted by molar-refractivity contribution is -0.140. The van der Waals surface area contributed by atoms with Crippen LogP contribution in [0, 0.1) is 5.41 Å². The van der Waals surface area contributed by atoms with Crippen LogP contribution in [-0.4, -0.2) is 16.5 Å². The second kappa shape index (κ2) is 3.93. The molecule has 0 radical (unpaired) electrons. The Morgan fingerprint density at radius 3 is 2.60 bits per heavy atom. The zero-order valence-electron chi connectivity index (χ0n) is 10.0. The summed E-state index contributed by atoms with van der Waals surface area (Å²) in [5.74, 6) is -0.205. The summed E-state index contributed by atoms with van der Waals surface area (Å²) in [4.78, 5) is 12.0. The van der Waals surface area contributed by atoms with Crippen LogP contribution >= 0.6 is 0 Å². The quantitative estimate of drug-likeness (QED) is 0.559. The average Bonchev–Trinajstić information content (AvgIpc) is 2.14. The molecule has 0 bridgehead atoms. The zero-order valence-corrected chi connectivity index (χ0v) is 10.0. The SMILES string of the molecule is C/C=C/C(=O)C1(O)C(C)=CCCC1(C)C. The predicted molar refractivity (Wildman–Crippen MR) is 61.5 cm³/mol. The van der Waals surface area contributed by atoms with Crippen LogP contribution < -0.4 is 0 Å². The van der Waals surface area contributed by atoms with Gasteiger partial charge in [0.1, 0.15) is 0 Å². The molecule has 0 fully saturated rings. The highest BCUT2D eigenvalue weighted by Gasteiger charge is 2.50. The summed E-state index contributed by atoms with van der Waals surface area (Å²) < 4.78 is 0. The Labute approximate surface area is 91.7 Å². The van der Waals surface area contributed by atoms with E-state index < -0.39 is 5.60 Å². The van der Waals surface area contributed by atoms with Gasteiger partial charge in [0.05, 0.1) is 0 Å². The lowest BCUT2D eigenvalue weighted by Crippen LogP contribution is -2.53. The summed E-state index contributed by atoms with van der Waals surface area (Å²) >= 11 is 0. The van der Waals surface area contributed by atoms with Crippen LogP contribution in [0.15, 0.2) is 23.8 Å². The molecule has 1 N–H and O–H groups in total. The summed E-state index contributed by atoms with van der Waals surface area (Å²) in [6, 6.07) is 0. The highest BCUT2D eigenvalue weighted by molar-refractivity contribution is 6.00. The number of ketones is 1. The lowest BCUT2D eigenvalue weighted by Gasteiger charge is -2.44. The highest BCUT2D eigenvalue weighted by Crippen LogP contribution is 2.44. The largest absolute Gasteiger partial charge is 0.377 e. The molecule has 1 aliphatic carbocycles. The van der Waals surface area contributed by atoms with Crippen molar-refractivity contribution >= 4 is 5.78 Å². The molecule has 1 aliphatic rings. The second-order valence-electron chi connectivity index (χ2n) is 4.88. The number of hydrogen-bond acceptors (Lipinski definition) is 2. The minimum absolute atomic E-state index is 0.205. The number of rotatable bonds is 2. The van der Waals surface area contributed by atoms with Crippen molar-refractivity contribution in [3.8, 4) is 0 Å². The Morgan fingerprint density at radius 1 is 1.53 bits per heavy atom. The summed E-state index contributed by atoms with van der Waals surface area (Å²) in [6.45, 7) is 7.52. The lowest BCUT2D eigenvalue weighted by atomic mass is 9.63. The van der Waals surface area contributed by atoms with Gasteiger partial charge in [0.2, 0.25) is 0 Å². The molecule has 0 saturated heterocycles. The first-order valence-electron chi connectivity index (χ1n) is 5.43. The van der Waals surface area contributed by atoms with E-state index in [0.717, 1.165) is 18.4 Å². The van der Waals surface area contributed by atoms with E-state index >= 15 is 0 Å². The molecule has 0 aromatic rings. The first kappa shape index (κ1) is 12.2. The minimum atomic E-state index is -1.32. The fraction of sp³-hybridized carbons (Fsp3) is 0.615. The van der Waals surface area contributed by atoms with Crippen LogP contribution in [0.3, 0.4) is 0 Å². The molecule has 0 spiro atoms. The van der Waals surface area contributed by atoms with E-state index in [-0.39, 0.29) is 11.2 Å².